The van der Waals surface area contributed by atoms with E-state index in [1.165, 1.54) is 24.3 Å². The van der Waals surface area contributed by atoms with E-state index in [0.717, 1.165) is 0 Å². The summed E-state index contributed by atoms with van der Waals surface area (Å²) < 4.78 is 5.87. The maximum Gasteiger partial charge on any atom is 0.182 e. The average Bonchev–Trinajstić information content (AvgIpc) is 2.67. The van der Waals surface area contributed by atoms with Crippen LogP contribution in [0.3, 0.4) is 0 Å². The van der Waals surface area contributed by atoms with Crippen LogP contribution in [0, 0.1) is 0 Å². The highest BCUT2D eigenvalue weighted by Gasteiger charge is 2.14. The lowest BCUT2D eigenvalue weighted by molar-refractivity contribution is 0.473. The van der Waals surface area contributed by atoms with Crippen LogP contribution in [0.4, 0.5) is 0 Å². The Kier molecular flexibility index (Phi) is 4.33. The lowest BCUT2D eigenvalue weighted by Crippen LogP contribution is -1.99. The van der Waals surface area contributed by atoms with Crippen LogP contribution < -0.4 is 5.43 Å². The van der Waals surface area contributed by atoms with Gasteiger partial charge in [0.15, 0.2) is 5.43 Å². The van der Waals surface area contributed by atoms with Gasteiger partial charge in [0.1, 0.15) is 28.8 Å². The molecule has 3 N–H and O–H groups in total. The van der Waals surface area contributed by atoms with Gasteiger partial charge in [0, 0.05) is 22.8 Å². The van der Waals surface area contributed by atoms with E-state index < -0.39 is 0 Å². The Hall–Kier alpha value is -3.99. The summed E-state index contributed by atoms with van der Waals surface area (Å²) in [6.07, 6.45) is 1.55. The zero-order valence-electron chi connectivity index (χ0n) is 14.7. The number of aliphatic hydroxyl groups is 1. The molecule has 0 amide bonds. The molecule has 1 aliphatic carbocycles. The number of aliphatic hydroxyl groups excluding tert-OH is 1. The highest BCUT2D eigenvalue weighted by atomic mass is 16.3. The smallest absolute Gasteiger partial charge is 0.182 e. The van der Waals surface area contributed by atoms with Crippen LogP contribution in [-0.2, 0) is 0 Å². The van der Waals surface area contributed by atoms with Gasteiger partial charge in [-0.3, -0.25) is 4.79 Å². The van der Waals surface area contributed by atoms with E-state index >= 15 is 0 Å². The third-order valence-corrected chi connectivity index (χ3v) is 4.34. The van der Waals surface area contributed by atoms with Gasteiger partial charge in [-0.2, -0.15) is 0 Å². The summed E-state index contributed by atoms with van der Waals surface area (Å²) in [5.41, 5.74) is 2.16. The molecule has 5 nitrogen and oxygen atoms in total. The molecule has 0 saturated carbocycles. The van der Waals surface area contributed by atoms with E-state index in [1.807, 2.05) is 0 Å². The second kappa shape index (κ2) is 6.96. The molecule has 138 valence electrons. The Morgan fingerprint density at radius 2 is 1.57 bits per heavy atom. The number of rotatable bonds is 3. The van der Waals surface area contributed by atoms with Crippen molar-refractivity contribution >= 4 is 11.8 Å². The van der Waals surface area contributed by atoms with Crippen LogP contribution in [0.2, 0.25) is 0 Å². The maximum absolute atomic E-state index is 11.8. The Balaban J connectivity index is 1.92. The van der Waals surface area contributed by atoms with Crippen molar-refractivity contribution in [2.75, 3.05) is 0 Å². The largest absolute Gasteiger partial charge is 0.508 e. The number of fused-ring (bicyclic) bond motifs is 1. The summed E-state index contributed by atoms with van der Waals surface area (Å²) >= 11 is 0. The SMILES string of the molecule is O=c1ccc2c(C=C(O)c3cccc(O)c3)cc(-c3cccc(O)c3)oc-2c1. The van der Waals surface area contributed by atoms with Crippen molar-refractivity contribution in [3.8, 4) is 34.1 Å². The van der Waals surface area contributed by atoms with Gasteiger partial charge in [0.05, 0.1) is 0 Å². The van der Waals surface area contributed by atoms with Crippen molar-refractivity contribution < 1.29 is 19.7 Å². The fourth-order valence-electron chi connectivity index (χ4n) is 3.01. The molecule has 0 bridgehead atoms. The number of aromatic hydroxyl groups is 2. The van der Waals surface area contributed by atoms with E-state index in [-0.39, 0.29) is 22.7 Å². The minimum atomic E-state index is -0.198. The monoisotopic (exact) mass is 372 g/mol. The Labute approximate surface area is 160 Å². The molecule has 0 unspecified atom stereocenters. The van der Waals surface area contributed by atoms with Gasteiger partial charge < -0.3 is 19.7 Å². The Morgan fingerprint density at radius 1 is 0.821 bits per heavy atom. The molecular weight excluding hydrogens is 356 g/mol. The third kappa shape index (κ3) is 3.46. The van der Waals surface area contributed by atoms with Gasteiger partial charge in [-0.05, 0) is 54.1 Å². The first-order valence-corrected chi connectivity index (χ1v) is 8.57. The molecule has 2 aliphatic rings. The van der Waals surface area contributed by atoms with Gasteiger partial charge in [0.2, 0.25) is 0 Å². The molecule has 1 heterocycles. The highest BCUT2D eigenvalue weighted by molar-refractivity contribution is 5.85. The maximum atomic E-state index is 11.8. The molecule has 0 atom stereocenters. The fraction of sp³-hybridized carbons (Fsp3) is 0. The lowest BCUT2D eigenvalue weighted by atomic mass is 10.00. The van der Waals surface area contributed by atoms with Crippen molar-refractivity contribution in [3.63, 3.8) is 0 Å². The second-order valence-corrected chi connectivity index (χ2v) is 6.35. The molecule has 4 rings (SSSR count). The van der Waals surface area contributed by atoms with Gasteiger partial charge >= 0.3 is 0 Å². The average molecular weight is 372 g/mol. The fourth-order valence-corrected chi connectivity index (χ4v) is 3.01. The third-order valence-electron chi connectivity index (χ3n) is 4.34. The molecule has 2 aromatic carbocycles. The molecule has 2 aromatic rings. The molecule has 0 spiro atoms. The lowest BCUT2D eigenvalue weighted by Gasteiger charge is -2.12. The number of hydrogen-bond acceptors (Lipinski definition) is 5. The van der Waals surface area contributed by atoms with Crippen LogP contribution in [-0.4, -0.2) is 15.3 Å². The number of phenols is 2. The minimum absolute atomic E-state index is 0.0433. The summed E-state index contributed by atoms with van der Waals surface area (Å²) in [5, 5.41) is 29.9. The highest BCUT2D eigenvalue weighted by Crippen LogP contribution is 2.34. The summed E-state index contributed by atoms with van der Waals surface area (Å²) in [6.45, 7) is 0. The standard InChI is InChI=1S/C23H16O5/c24-17-5-1-3-14(9-17)21(27)11-16-12-22(15-4-2-6-18(25)10-15)28-23-13-19(26)7-8-20(16)23/h1-13,24-25,27H. The Bertz CT molecular complexity index is 1220. The predicted octanol–water partition coefficient (Wildman–Crippen LogP) is 4.88. The molecule has 0 saturated heterocycles. The van der Waals surface area contributed by atoms with Gasteiger partial charge in [-0.15, -0.1) is 0 Å². The number of benzene rings is 3. The van der Waals surface area contributed by atoms with E-state index in [9.17, 15) is 20.1 Å². The van der Waals surface area contributed by atoms with Crippen molar-refractivity contribution in [2.45, 2.75) is 0 Å². The number of phenolic OH excluding ortho intramolecular Hbond substituents is 2. The van der Waals surface area contributed by atoms with Crippen LogP contribution >= 0.6 is 0 Å². The van der Waals surface area contributed by atoms with Crippen molar-refractivity contribution in [2.24, 2.45) is 0 Å². The van der Waals surface area contributed by atoms with E-state index in [4.69, 9.17) is 4.42 Å². The second-order valence-electron chi connectivity index (χ2n) is 6.35. The van der Waals surface area contributed by atoms with Crippen LogP contribution in [0.25, 0.3) is 34.5 Å². The van der Waals surface area contributed by atoms with Gasteiger partial charge in [-0.1, -0.05) is 24.3 Å². The summed E-state index contributed by atoms with van der Waals surface area (Å²) in [5.74, 6) is 0.885. The predicted molar refractivity (Wildman–Crippen MR) is 107 cm³/mol. The van der Waals surface area contributed by atoms with E-state index in [1.54, 1.807) is 54.6 Å². The van der Waals surface area contributed by atoms with Crippen molar-refractivity contribution in [3.05, 3.63) is 94.1 Å². The summed E-state index contributed by atoms with van der Waals surface area (Å²) in [7, 11) is 0. The molecular formula is C23H16O5. The molecule has 0 fully saturated rings. The first-order valence-electron chi connectivity index (χ1n) is 8.57. The quantitative estimate of drug-likeness (QED) is 0.446. The first kappa shape index (κ1) is 17.4. The molecule has 5 heteroatoms. The van der Waals surface area contributed by atoms with Crippen LogP contribution in [0.15, 0.2) is 82.0 Å². The van der Waals surface area contributed by atoms with Crippen LogP contribution in [0.5, 0.6) is 11.5 Å². The first-order chi connectivity index (χ1) is 13.5. The molecule has 28 heavy (non-hydrogen) atoms. The minimum Gasteiger partial charge on any atom is -0.508 e. The zero-order valence-corrected chi connectivity index (χ0v) is 14.7. The van der Waals surface area contributed by atoms with Crippen molar-refractivity contribution in [1.82, 2.24) is 0 Å². The van der Waals surface area contributed by atoms with E-state index in [2.05, 4.69) is 0 Å². The molecule has 0 radical (unpaired) electrons. The molecule has 1 aliphatic heterocycles. The van der Waals surface area contributed by atoms with Crippen LogP contribution in [0.1, 0.15) is 11.1 Å². The van der Waals surface area contributed by atoms with Gasteiger partial charge in [0.25, 0.3) is 0 Å². The summed E-state index contributed by atoms with van der Waals surface area (Å²) in [4.78, 5) is 11.8. The molecule has 0 aromatic heterocycles. The normalized spacial score (nSPS) is 11.6. The van der Waals surface area contributed by atoms with Crippen molar-refractivity contribution in [1.29, 1.82) is 0 Å². The van der Waals surface area contributed by atoms with E-state index in [0.29, 0.717) is 33.8 Å². The number of hydrogen-bond donors (Lipinski definition) is 3. The summed E-state index contributed by atoms with van der Waals surface area (Å²) in [6, 6.07) is 19.0. The zero-order chi connectivity index (χ0) is 19.7. The van der Waals surface area contributed by atoms with Gasteiger partial charge in [-0.25, -0.2) is 0 Å². The topological polar surface area (TPSA) is 90.9 Å². The Morgan fingerprint density at radius 3 is 2.32 bits per heavy atom.